The van der Waals surface area contributed by atoms with Gasteiger partial charge in [0.25, 0.3) is 0 Å². The van der Waals surface area contributed by atoms with E-state index in [0.29, 0.717) is 30.8 Å². The van der Waals surface area contributed by atoms with Crippen LogP contribution in [-0.4, -0.2) is 28.0 Å². The quantitative estimate of drug-likeness (QED) is 0.507. The molecule has 1 unspecified atom stereocenters. The van der Waals surface area contributed by atoms with Crippen molar-refractivity contribution in [1.29, 1.82) is 0 Å². The minimum absolute atomic E-state index is 0.0815. The van der Waals surface area contributed by atoms with Gasteiger partial charge in [0.15, 0.2) is 0 Å². The Balaban J connectivity index is 2.78. The molecule has 0 radical (unpaired) electrons. The van der Waals surface area contributed by atoms with Crippen molar-refractivity contribution in [2.45, 2.75) is 46.5 Å². The van der Waals surface area contributed by atoms with E-state index in [2.05, 4.69) is 34.4 Å². The molecule has 7 heteroatoms. The van der Waals surface area contributed by atoms with Gasteiger partial charge in [0.2, 0.25) is 11.8 Å². The zero-order valence-corrected chi connectivity index (χ0v) is 13.1. The average molecular weight is 295 g/mol. The second-order valence-corrected chi connectivity index (χ2v) is 5.01. The molecule has 118 valence electrons. The van der Waals surface area contributed by atoms with E-state index in [9.17, 15) is 10.1 Å². The maximum atomic E-state index is 11.0. The van der Waals surface area contributed by atoms with E-state index in [1.54, 1.807) is 0 Å². The van der Waals surface area contributed by atoms with Crippen LogP contribution in [0.15, 0.2) is 6.20 Å². The number of aromatic nitrogens is 2. The van der Waals surface area contributed by atoms with Crippen LogP contribution in [0.3, 0.4) is 0 Å². The molecule has 0 aliphatic carbocycles. The maximum absolute atomic E-state index is 11.0. The van der Waals surface area contributed by atoms with Crippen LogP contribution in [0.1, 0.15) is 46.5 Å². The van der Waals surface area contributed by atoms with Gasteiger partial charge in [-0.15, -0.1) is 0 Å². The minimum Gasteiger partial charge on any atom is -0.364 e. The Labute approximate surface area is 125 Å². The third kappa shape index (κ3) is 5.53. The number of nitrogens with one attached hydrogen (secondary N) is 2. The summed E-state index contributed by atoms with van der Waals surface area (Å²) in [5, 5.41) is 17.1. The average Bonchev–Trinajstić information content (AvgIpc) is 2.47. The van der Waals surface area contributed by atoms with Gasteiger partial charge in [-0.2, -0.15) is 4.98 Å². The largest absolute Gasteiger partial charge is 0.364 e. The van der Waals surface area contributed by atoms with E-state index < -0.39 is 4.92 Å². The summed E-state index contributed by atoms with van der Waals surface area (Å²) in [5.41, 5.74) is -0.0815. The smallest absolute Gasteiger partial charge is 0.329 e. The van der Waals surface area contributed by atoms with Crippen LogP contribution < -0.4 is 10.6 Å². The third-order valence-corrected chi connectivity index (χ3v) is 3.40. The lowest BCUT2D eigenvalue weighted by molar-refractivity contribution is -0.384. The van der Waals surface area contributed by atoms with Gasteiger partial charge in [0, 0.05) is 13.1 Å². The molecule has 1 heterocycles. The lowest BCUT2D eigenvalue weighted by Crippen LogP contribution is -2.16. The number of anilines is 2. The Morgan fingerprint density at radius 1 is 1.33 bits per heavy atom. The monoisotopic (exact) mass is 295 g/mol. The first-order valence-electron chi connectivity index (χ1n) is 7.61. The van der Waals surface area contributed by atoms with E-state index in [4.69, 9.17) is 0 Å². The Kier molecular flexibility index (Phi) is 7.42. The molecule has 0 aliphatic rings. The zero-order chi connectivity index (χ0) is 15.7. The van der Waals surface area contributed by atoms with Crippen LogP contribution in [0.25, 0.3) is 0 Å². The molecule has 0 bridgehead atoms. The van der Waals surface area contributed by atoms with Gasteiger partial charge in [0.1, 0.15) is 6.20 Å². The molecule has 1 atom stereocenters. The summed E-state index contributed by atoms with van der Waals surface area (Å²) in [6.45, 7) is 7.60. The molecule has 0 aliphatic heterocycles. The van der Waals surface area contributed by atoms with Gasteiger partial charge in [-0.1, -0.05) is 33.1 Å². The van der Waals surface area contributed by atoms with Crippen molar-refractivity contribution >= 4 is 17.5 Å². The van der Waals surface area contributed by atoms with Crippen molar-refractivity contribution in [3.05, 3.63) is 16.3 Å². The van der Waals surface area contributed by atoms with Crippen LogP contribution >= 0.6 is 0 Å². The van der Waals surface area contributed by atoms with Gasteiger partial charge in [-0.05, 0) is 19.3 Å². The molecule has 0 amide bonds. The number of nitro groups is 1. The van der Waals surface area contributed by atoms with Gasteiger partial charge in [0.05, 0.1) is 4.92 Å². The van der Waals surface area contributed by atoms with Gasteiger partial charge >= 0.3 is 5.69 Å². The molecule has 0 aromatic carbocycles. The molecular weight excluding hydrogens is 270 g/mol. The second-order valence-electron chi connectivity index (χ2n) is 5.01. The molecule has 1 aromatic rings. The van der Waals surface area contributed by atoms with Crippen LogP contribution in [0, 0.1) is 16.0 Å². The topological polar surface area (TPSA) is 93.0 Å². The summed E-state index contributed by atoms with van der Waals surface area (Å²) in [7, 11) is 0. The lowest BCUT2D eigenvalue weighted by atomic mass is 9.99. The summed E-state index contributed by atoms with van der Waals surface area (Å²) >= 11 is 0. The normalized spacial score (nSPS) is 12.0. The number of nitrogens with zero attached hydrogens (tertiary/aromatic N) is 3. The van der Waals surface area contributed by atoms with Crippen LogP contribution in [0.2, 0.25) is 0 Å². The van der Waals surface area contributed by atoms with E-state index in [0.717, 1.165) is 19.3 Å². The Bertz CT molecular complexity index is 453. The van der Waals surface area contributed by atoms with Crippen molar-refractivity contribution < 1.29 is 4.92 Å². The lowest BCUT2D eigenvalue weighted by Gasteiger charge is -2.15. The fourth-order valence-electron chi connectivity index (χ4n) is 2.07. The standard InChI is InChI=1S/C14H25N5O2/c1-4-7-8-11(5-2)9-16-13-12(19(20)21)10-17-14(18-13)15-6-3/h10-11H,4-9H2,1-3H3,(H2,15,16,17,18). The van der Waals surface area contributed by atoms with Crippen molar-refractivity contribution in [2.75, 3.05) is 23.7 Å². The highest BCUT2D eigenvalue weighted by Crippen LogP contribution is 2.23. The van der Waals surface area contributed by atoms with E-state index in [1.807, 2.05) is 6.92 Å². The van der Waals surface area contributed by atoms with Crippen LogP contribution in [0.5, 0.6) is 0 Å². The van der Waals surface area contributed by atoms with Crippen LogP contribution in [0.4, 0.5) is 17.5 Å². The molecule has 0 spiro atoms. The van der Waals surface area contributed by atoms with Crippen molar-refractivity contribution in [2.24, 2.45) is 5.92 Å². The number of unbranched alkanes of at least 4 members (excludes halogenated alkanes) is 1. The highest BCUT2D eigenvalue weighted by molar-refractivity contribution is 5.56. The first-order chi connectivity index (χ1) is 10.1. The Morgan fingerprint density at radius 3 is 2.67 bits per heavy atom. The summed E-state index contributed by atoms with van der Waals surface area (Å²) in [6, 6.07) is 0. The first kappa shape index (κ1) is 17.1. The Hall–Kier alpha value is -1.92. The molecule has 7 nitrogen and oxygen atoms in total. The molecular formula is C14H25N5O2. The maximum Gasteiger partial charge on any atom is 0.329 e. The van der Waals surface area contributed by atoms with E-state index in [1.165, 1.54) is 12.6 Å². The predicted octanol–water partition coefficient (Wildman–Crippen LogP) is 3.44. The highest BCUT2D eigenvalue weighted by Gasteiger charge is 2.18. The van der Waals surface area contributed by atoms with Crippen LogP contribution in [-0.2, 0) is 0 Å². The number of hydrogen-bond donors (Lipinski definition) is 2. The molecule has 21 heavy (non-hydrogen) atoms. The zero-order valence-electron chi connectivity index (χ0n) is 13.1. The summed E-state index contributed by atoms with van der Waals surface area (Å²) in [6.07, 6.45) is 5.76. The molecule has 0 saturated carbocycles. The molecule has 1 aromatic heterocycles. The fraction of sp³-hybridized carbons (Fsp3) is 0.714. The SMILES string of the molecule is CCCCC(CC)CNc1nc(NCC)ncc1[N+](=O)[O-]. The molecule has 2 N–H and O–H groups in total. The van der Waals surface area contributed by atoms with Crippen molar-refractivity contribution in [1.82, 2.24) is 9.97 Å². The predicted molar refractivity (Wildman–Crippen MR) is 84.6 cm³/mol. The summed E-state index contributed by atoms with van der Waals surface area (Å²) in [5.74, 6) is 1.20. The number of rotatable bonds is 10. The van der Waals surface area contributed by atoms with E-state index in [-0.39, 0.29) is 5.69 Å². The highest BCUT2D eigenvalue weighted by atomic mass is 16.6. The van der Waals surface area contributed by atoms with Gasteiger partial charge in [-0.3, -0.25) is 10.1 Å². The third-order valence-electron chi connectivity index (χ3n) is 3.40. The molecule has 1 rings (SSSR count). The Morgan fingerprint density at radius 2 is 2.10 bits per heavy atom. The first-order valence-corrected chi connectivity index (χ1v) is 7.61. The van der Waals surface area contributed by atoms with Crippen molar-refractivity contribution in [3.63, 3.8) is 0 Å². The second kappa shape index (κ2) is 9.10. The fourth-order valence-corrected chi connectivity index (χ4v) is 2.07. The molecule has 0 saturated heterocycles. The summed E-state index contributed by atoms with van der Waals surface area (Å²) in [4.78, 5) is 18.7. The van der Waals surface area contributed by atoms with Gasteiger partial charge in [-0.25, -0.2) is 4.98 Å². The van der Waals surface area contributed by atoms with Crippen molar-refractivity contribution in [3.8, 4) is 0 Å². The molecule has 0 fully saturated rings. The summed E-state index contributed by atoms with van der Waals surface area (Å²) < 4.78 is 0. The van der Waals surface area contributed by atoms with E-state index >= 15 is 0 Å². The minimum atomic E-state index is -0.453. The number of hydrogen-bond acceptors (Lipinski definition) is 6. The van der Waals surface area contributed by atoms with Gasteiger partial charge < -0.3 is 10.6 Å².